The molecular formula is C12H16BrN3. The van der Waals surface area contributed by atoms with Crippen LogP contribution in [0.4, 0.5) is 5.82 Å². The number of unbranched alkanes of at least 4 members (excludes halogenated alkanes) is 1. The summed E-state index contributed by atoms with van der Waals surface area (Å²) in [5.41, 5.74) is 9.20. The fourth-order valence-corrected chi connectivity index (χ4v) is 2.25. The molecule has 0 aliphatic carbocycles. The van der Waals surface area contributed by atoms with E-state index < -0.39 is 0 Å². The molecule has 0 amide bonds. The van der Waals surface area contributed by atoms with E-state index in [4.69, 9.17) is 5.73 Å². The smallest absolute Gasteiger partial charge is 0.145 e. The molecule has 0 saturated heterocycles. The summed E-state index contributed by atoms with van der Waals surface area (Å²) < 4.78 is 3.24. The molecule has 0 fully saturated rings. The molecule has 0 aliphatic rings. The van der Waals surface area contributed by atoms with Gasteiger partial charge in [0.15, 0.2) is 0 Å². The van der Waals surface area contributed by atoms with Gasteiger partial charge in [0.2, 0.25) is 0 Å². The lowest BCUT2D eigenvalue weighted by Gasteiger charge is -2.07. The fraction of sp³-hybridized carbons (Fsp3) is 0.417. The second kappa shape index (κ2) is 4.45. The van der Waals surface area contributed by atoms with Gasteiger partial charge in [0, 0.05) is 10.2 Å². The summed E-state index contributed by atoms with van der Waals surface area (Å²) >= 11 is 3.54. The molecule has 2 heterocycles. The average Bonchev–Trinajstić information content (AvgIpc) is 2.58. The first-order chi connectivity index (χ1) is 7.65. The third kappa shape index (κ3) is 1.82. The standard InChI is InChI=1S/C12H16BrN3/c1-3-4-5-10-12(14)15-11-7-6-9(13)8(2)16(10)11/h6-7H,3-5,14H2,1-2H3. The highest BCUT2D eigenvalue weighted by Gasteiger charge is 2.11. The first kappa shape index (κ1) is 11.5. The number of rotatable bonds is 3. The van der Waals surface area contributed by atoms with Crippen molar-refractivity contribution in [3.8, 4) is 0 Å². The van der Waals surface area contributed by atoms with Gasteiger partial charge in [-0.2, -0.15) is 0 Å². The van der Waals surface area contributed by atoms with Crippen molar-refractivity contribution in [2.45, 2.75) is 33.1 Å². The van der Waals surface area contributed by atoms with Gasteiger partial charge in [-0.3, -0.25) is 4.40 Å². The van der Waals surface area contributed by atoms with Crippen molar-refractivity contribution in [3.63, 3.8) is 0 Å². The average molecular weight is 282 g/mol. The normalized spacial score (nSPS) is 11.2. The number of nitrogens with two attached hydrogens (primary N) is 1. The molecule has 0 atom stereocenters. The van der Waals surface area contributed by atoms with Crippen LogP contribution in [-0.2, 0) is 6.42 Å². The zero-order valence-corrected chi connectivity index (χ0v) is 11.2. The minimum Gasteiger partial charge on any atom is -0.382 e. The monoisotopic (exact) mass is 281 g/mol. The van der Waals surface area contributed by atoms with Crippen LogP contribution in [-0.4, -0.2) is 9.38 Å². The molecule has 0 spiro atoms. The first-order valence-corrected chi connectivity index (χ1v) is 6.36. The Morgan fingerprint density at radius 3 is 2.88 bits per heavy atom. The number of nitrogen functional groups attached to an aromatic ring is 1. The summed E-state index contributed by atoms with van der Waals surface area (Å²) in [6.07, 6.45) is 3.30. The number of anilines is 1. The van der Waals surface area contributed by atoms with Crippen LogP contribution in [0.25, 0.3) is 5.65 Å². The lowest BCUT2D eigenvalue weighted by molar-refractivity contribution is 0.767. The van der Waals surface area contributed by atoms with Gasteiger partial charge < -0.3 is 5.73 Å². The maximum Gasteiger partial charge on any atom is 0.145 e. The molecule has 0 aromatic carbocycles. The third-order valence-corrected chi connectivity index (χ3v) is 3.69. The molecular weight excluding hydrogens is 266 g/mol. The van der Waals surface area contributed by atoms with Gasteiger partial charge in [-0.25, -0.2) is 4.98 Å². The summed E-state index contributed by atoms with van der Waals surface area (Å²) in [6.45, 7) is 4.26. The summed E-state index contributed by atoms with van der Waals surface area (Å²) in [4.78, 5) is 4.39. The van der Waals surface area contributed by atoms with Crippen molar-refractivity contribution in [3.05, 3.63) is 28.0 Å². The largest absolute Gasteiger partial charge is 0.382 e. The fourth-order valence-electron chi connectivity index (χ4n) is 1.94. The maximum absolute atomic E-state index is 5.97. The Balaban J connectivity index is 2.61. The molecule has 0 unspecified atom stereocenters. The van der Waals surface area contributed by atoms with E-state index in [1.165, 1.54) is 6.42 Å². The van der Waals surface area contributed by atoms with Crippen molar-refractivity contribution < 1.29 is 0 Å². The zero-order valence-electron chi connectivity index (χ0n) is 9.63. The van der Waals surface area contributed by atoms with E-state index in [-0.39, 0.29) is 0 Å². The van der Waals surface area contributed by atoms with Crippen molar-refractivity contribution in [2.75, 3.05) is 5.73 Å². The second-order valence-corrected chi connectivity index (χ2v) is 4.86. The molecule has 86 valence electrons. The number of aromatic nitrogens is 2. The van der Waals surface area contributed by atoms with Crippen molar-refractivity contribution in [1.29, 1.82) is 0 Å². The van der Waals surface area contributed by atoms with Crippen molar-refractivity contribution in [1.82, 2.24) is 9.38 Å². The Labute approximate surface area is 104 Å². The van der Waals surface area contributed by atoms with E-state index in [1.54, 1.807) is 0 Å². The molecule has 0 bridgehead atoms. The quantitative estimate of drug-likeness (QED) is 0.938. The number of hydrogen-bond donors (Lipinski definition) is 1. The van der Waals surface area contributed by atoms with E-state index in [0.717, 1.165) is 34.3 Å². The number of nitrogens with zero attached hydrogens (tertiary/aromatic N) is 2. The molecule has 0 radical (unpaired) electrons. The molecule has 3 nitrogen and oxygen atoms in total. The minimum atomic E-state index is 0.662. The van der Waals surface area contributed by atoms with Crippen LogP contribution in [0.5, 0.6) is 0 Å². The number of aryl methyl sites for hydroxylation is 2. The maximum atomic E-state index is 5.97. The predicted molar refractivity (Wildman–Crippen MR) is 70.7 cm³/mol. The van der Waals surface area contributed by atoms with Crippen molar-refractivity contribution in [2.24, 2.45) is 0 Å². The molecule has 16 heavy (non-hydrogen) atoms. The van der Waals surface area contributed by atoms with Gasteiger partial charge in [-0.15, -0.1) is 0 Å². The van der Waals surface area contributed by atoms with E-state index in [1.807, 2.05) is 12.1 Å². The van der Waals surface area contributed by atoms with E-state index in [2.05, 4.69) is 39.2 Å². The number of fused-ring (bicyclic) bond motifs is 1. The summed E-state index contributed by atoms with van der Waals surface area (Å²) in [5.74, 6) is 0.662. The van der Waals surface area contributed by atoms with E-state index in [0.29, 0.717) is 5.82 Å². The van der Waals surface area contributed by atoms with Gasteiger partial charge in [0.25, 0.3) is 0 Å². The van der Waals surface area contributed by atoms with Crippen LogP contribution in [0.1, 0.15) is 31.2 Å². The molecule has 4 heteroatoms. The molecule has 2 aromatic heterocycles. The van der Waals surface area contributed by atoms with E-state index in [9.17, 15) is 0 Å². The summed E-state index contributed by atoms with van der Waals surface area (Å²) in [6, 6.07) is 4.00. The molecule has 0 saturated carbocycles. The summed E-state index contributed by atoms with van der Waals surface area (Å²) in [5, 5.41) is 0. The molecule has 0 aliphatic heterocycles. The number of hydrogen-bond acceptors (Lipinski definition) is 2. The number of halogens is 1. The van der Waals surface area contributed by atoms with Gasteiger partial charge in [0.05, 0.1) is 5.69 Å². The van der Waals surface area contributed by atoms with Crippen LogP contribution in [0.2, 0.25) is 0 Å². The van der Waals surface area contributed by atoms with Crippen LogP contribution < -0.4 is 5.73 Å². The lowest BCUT2D eigenvalue weighted by atomic mass is 10.2. The zero-order chi connectivity index (χ0) is 11.7. The number of pyridine rings is 1. The predicted octanol–water partition coefficient (Wildman–Crippen LogP) is 3.33. The highest BCUT2D eigenvalue weighted by atomic mass is 79.9. The highest BCUT2D eigenvalue weighted by Crippen LogP contribution is 2.23. The van der Waals surface area contributed by atoms with Crippen molar-refractivity contribution >= 4 is 27.4 Å². The van der Waals surface area contributed by atoms with Crippen LogP contribution in [0.15, 0.2) is 16.6 Å². The van der Waals surface area contributed by atoms with Gasteiger partial charge in [-0.1, -0.05) is 13.3 Å². The topological polar surface area (TPSA) is 43.3 Å². The Kier molecular flexibility index (Phi) is 3.19. The Morgan fingerprint density at radius 1 is 1.44 bits per heavy atom. The summed E-state index contributed by atoms with van der Waals surface area (Å²) in [7, 11) is 0. The molecule has 2 rings (SSSR count). The lowest BCUT2D eigenvalue weighted by Crippen LogP contribution is -2.00. The first-order valence-electron chi connectivity index (χ1n) is 5.57. The van der Waals surface area contributed by atoms with Gasteiger partial charge >= 0.3 is 0 Å². The Morgan fingerprint density at radius 2 is 2.19 bits per heavy atom. The SMILES string of the molecule is CCCCc1c(N)nc2ccc(Br)c(C)n12. The highest BCUT2D eigenvalue weighted by molar-refractivity contribution is 9.10. The molecule has 2 N–H and O–H groups in total. The molecule has 2 aromatic rings. The van der Waals surface area contributed by atoms with Gasteiger partial charge in [-0.05, 0) is 47.8 Å². The third-order valence-electron chi connectivity index (χ3n) is 2.86. The van der Waals surface area contributed by atoms with Crippen LogP contribution in [0.3, 0.4) is 0 Å². The number of imidazole rings is 1. The van der Waals surface area contributed by atoms with E-state index >= 15 is 0 Å². The van der Waals surface area contributed by atoms with Crippen LogP contribution in [0, 0.1) is 6.92 Å². The second-order valence-electron chi connectivity index (χ2n) is 4.01. The Hall–Kier alpha value is -1.03. The van der Waals surface area contributed by atoms with Gasteiger partial charge in [0.1, 0.15) is 11.5 Å². The minimum absolute atomic E-state index is 0.662. The Bertz CT molecular complexity index is 516. The van der Waals surface area contributed by atoms with Crippen LogP contribution >= 0.6 is 15.9 Å².